The van der Waals surface area contributed by atoms with E-state index < -0.39 is 29.9 Å². The van der Waals surface area contributed by atoms with Crippen LogP contribution in [0.1, 0.15) is 6.92 Å². The van der Waals surface area contributed by atoms with Gasteiger partial charge in [0, 0.05) is 19.2 Å². The van der Waals surface area contributed by atoms with Crippen molar-refractivity contribution in [1.82, 2.24) is 10.6 Å². The lowest BCUT2D eigenvalue weighted by atomic mass is 10.3. The zero-order valence-corrected chi connectivity index (χ0v) is 9.53. The number of amides is 2. The molecular weight excluding hydrogens is 236 g/mol. The van der Waals surface area contributed by atoms with Gasteiger partial charge in [0.1, 0.15) is 12.1 Å². The molecule has 0 saturated carbocycles. The third kappa shape index (κ3) is 5.69. The molecule has 0 rings (SSSR count). The molecule has 8 heteroatoms. The number of aliphatic hydroxyl groups is 1. The summed E-state index contributed by atoms with van der Waals surface area (Å²) >= 11 is 3.79. The highest BCUT2D eigenvalue weighted by atomic mass is 32.1. The number of carboxylic acids is 1. The standard InChI is InChI=1S/C8H14N2O5S/c1-4(11)10-7(13)6(12)2-9-5(3-16)8(14)15/h5-6,9,12,16H,2-3H2,1H3,(H,14,15)(H,10,11,13)/t5-,6-/m0/s1. The van der Waals surface area contributed by atoms with Crippen LogP contribution < -0.4 is 10.6 Å². The second-order valence-electron chi connectivity index (χ2n) is 3.04. The van der Waals surface area contributed by atoms with Crippen molar-refractivity contribution in [2.45, 2.75) is 19.1 Å². The molecule has 0 aromatic carbocycles. The zero-order valence-electron chi connectivity index (χ0n) is 8.64. The number of imide groups is 1. The molecule has 0 unspecified atom stereocenters. The van der Waals surface area contributed by atoms with E-state index in [-0.39, 0.29) is 12.3 Å². The highest BCUT2D eigenvalue weighted by Crippen LogP contribution is 1.90. The lowest BCUT2D eigenvalue weighted by Crippen LogP contribution is -2.47. The lowest BCUT2D eigenvalue weighted by molar-refractivity contribution is -0.140. The summed E-state index contributed by atoms with van der Waals surface area (Å²) in [7, 11) is 0. The predicted molar refractivity (Wildman–Crippen MR) is 58.1 cm³/mol. The monoisotopic (exact) mass is 250 g/mol. The summed E-state index contributed by atoms with van der Waals surface area (Å²) in [5.41, 5.74) is 0. The van der Waals surface area contributed by atoms with Gasteiger partial charge in [0.15, 0.2) is 0 Å². The minimum absolute atomic E-state index is 0.0242. The number of aliphatic hydroxyl groups excluding tert-OH is 1. The third-order valence-corrected chi connectivity index (χ3v) is 2.01. The molecule has 0 heterocycles. The average Bonchev–Trinajstić information content (AvgIpc) is 2.16. The molecular formula is C8H14N2O5S. The van der Waals surface area contributed by atoms with E-state index in [1.165, 1.54) is 0 Å². The number of thiol groups is 1. The van der Waals surface area contributed by atoms with Gasteiger partial charge in [-0.2, -0.15) is 12.6 Å². The Balaban J connectivity index is 4.05. The fourth-order valence-electron chi connectivity index (χ4n) is 0.833. The Hall–Kier alpha value is -1.12. The van der Waals surface area contributed by atoms with Crippen LogP contribution in [0.25, 0.3) is 0 Å². The zero-order chi connectivity index (χ0) is 12.7. The van der Waals surface area contributed by atoms with Gasteiger partial charge >= 0.3 is 5.97 Å². The number of carbonyl (C=O) groups excluding carboxylic acids is 2. The van der Waals surface area contributed by atoms with Crippen molar-refractivity contribution >= 4 is 30.4 Å². The number of carbonyl (C=O) groups is 3. The molecule has 0 spiro atoms. The highest BCUT2D eigenvalue weighted by Gasteiger charge is 2.20. The van der Waals surface area contributed by atoms with Crippen LogP contribution >= 0.6 is 12.6 Å². The summed E-state index contributed by atoms with van der Waals surface area (Å²) in [5, 5.41) is 22.2. The van der Waals surface area contributed by atoms with E-state index in [0.717, 1.165) is 6.92 Å². The maximum Gasteiger partial charge on any atom is 0.321 e. The van der Waals surface area contributed by atoms with Crippen LogP contribution in [0.2, 0.25) is 0 Å². The third-order valence-electron chi connectivity index (χ3n) is 1.64. The summed E-state index contributed by atoms with van der Waals surface area (Å²) in [6.45, 7) is 0.864. The van der Waals surface area contributed by atoms with Crippen molar-refractivity contribution in [3.05, 3.63) is 0 Å². The van der Waals surface area contributed by atoms with Crippen LogP contribution in [0, 0.1) is 0 Å². The molecule has 0 bridgehead atoms. The number of nitrogens with one attached hydrogen (secondary N) is 2. The Labute approximate surface area is 97.6 Å². The van der Waals surface area contributed by atoms with Crippen molar-refractivity contribution in [1.29, 1.82) is 0 Å². The number of hydrogen-bond donors (Lipinski definition) is 5. The first-order valence-electron chi connectivity index (χ1n) is 4.45. The van der Waals surface area contributed by atoms with E-state index in [0.29, 0.717) is 0 Å². The van der Waals surface area contributed by atoms with Crippen LogP contribution in [0.5, 0.6) is 0 Å². The van der Waals surface area contributed by atoms with Crippen molar-refractivity contribution in [2.75, 3.05) is 12.3 Å². The first-order valence-corrected chi connectivity index (χ1v) is 5.08. The number of hydrogen-bond acceptors (Lipinski definition) is 6. The van der Waals surface area contributed by atoms with Gasteiger partial charge in [0.05, 0.1) is 0 Å². The number of rotatable bonds is 6. The van der Waals surface area contributed by atoms with E-state index in [1.807, 2.05) is 5.32 Å². The summed E-state index contributed by atoms with van der Waals surface area (Å²) < 4.78 is 0. The molecule has 0 aliphatic carbocycles. The Morgan fingerprint density at radius 2 is 1.94 bits per heavy atom. The van der Waals surface area contributed by atoms with Crippen molar-refractivity contribution in [3.8, 4) is 0 Å². The molecule has 0 saturated heterocycles. The van der Waals surface area contributed by atoms with Crippen molar-refractivity contribution in [2.24, 2.45) is 0 Å². The van der Waals surface area contributed by atoms with E-state index in [2.05, 4.69) is 17.9 Å². The molecule has 2 atom stereocenters. The van der Waals surface area contributed by atoms with Gasteiger partial charge in [0.2, 0.25) is 5.91 Å². The molecule has 7 nitrogen and oxygen atoms in total. The Morgan fingerprint density at radius 3 is 2.31 bits per heavy atom. The van der Waals surface area contributed by atoms with Gasteiger partial charge < -0.3 is 15.5 Å². The highest BCUT2D eigenvalue weighted by molar-refractivity contribution is 7.80. The molecule has 0 fully saturated rings. The van der Waals surface area contributed by atoms with Gasteiger partial charge in [-0.05, 0) is 0 Å². The fraction of sp³-hybridized carbons (Fsp3) is 0.625. The van der Waals surface area contributed by atoms with Gasteiger partial charge in [-0.25, -0.2) is 0 Å². The molecule has 4 N–H and O–H groups in total. The topological polar surface area (TPSA) is 116 Å². The summed E-state index contributed by atoms with van der Waals surface area (Å²) in [6.07, 6.45) is -1.48. The summed E-state index contributed by atoms with van der Waals surface area (Å²) in [5.74, 6) is -2.57. The van der Waals surface area contributed by atoms with Crippen LogP contribution in [-0.4, -0.2) is 52.4 Å². The Bertz CT molecular complexity index is 284. The molecule has 0 aliphatic rings. The number of carboxylic acid groups (broad SMARTS) is 1. The largest absolute Gasteiger partial charge is 0.480 e. The maximum atomic E-state index is 11.0. The molecule has 0 aromatic rings. The summed E-state index contributed by atoms with van der Waals surface area (Å²) in [6, 6.07) is -0.955. The first kappa shape index (κ1) is 14.9. The normalized spacial score (nSPS) is 13.9. The number of aliphatic carboxylic acids is 1. The minimum Gasteiger partial charge on any atom is -0.480 e. The van der Waals surface area contributed by atoms with E-state index >= 15 is 0 Å². The van der Waals surface area contributed by atoms with Crippen LogP contribution in [0.4, 0.5) is 0 Å². The molecule has 0 aromatic heterocycles. The predicted octanol–water partition coefficient (Wildman–Crippen LogP) is -2.02. The smallest absolute Gasteiger partial charge is 0.321 e. The minimum atomic E-state index is -1.48. The Kier molecular flexibility index (Phi) is 6.70. The van der Waals surface area contributed by atoms with Gasteiger partial charge in [-0.15, -0.1) is 0 Å². The van der Waals surface area contributed by atoms with Crippen LogP contribution in [0.15, 0.2) is 0 Å². The van der Waals surface area contributed by atoms with Crippen molar-refractivity contribution in [3.63, 3.8) is 0 Å². The van der Waals surface area contributed by atoms with Crippen LogP contribution in [-0.2, 0) is 14.4 Å². The second kappa shape index (κ2) is 7.20. The lowest BCUT2D eigenvalue weighted by Gasteiger charge is -2.14. The molecule has 0 radical (unpaired) electrons. The van der Waals surface area contributed by atoms with E-state index in [1.54, 1.807) is 0 Å². The van der Waals surface area contributed by atoms with Crippen LogP contribution in [0.3, 0.4) is 0 Å². The average molecular weight is 250 g/mol. The fourth-order valence-corrected chi connectivity index (χ4v) is 1.12. The Morgan fingerprint density at radius 1 is 1.38 bits per heavy atom. The molecule has 92 valence electrons. The van der Waals surface area contributed by atoms with Gasteiger partial charge in [0.25, 0.3) is 5.91 Å². The SMILES string of the molecule is CC(=O)NC(=O)[C@@H](O)CN[C@@H](CS)C(=O)O. The second-order valence-corrected chi connectivity index (χ2v) is 3.41. The van der Waals surface area contributed by atoms with E-state index in [9.17, 15) is 19.5 Å². The van der Waals surface area contributed by atoms with E-state index in [4.69, 9.17) is 5.11 Å². The summed E-state index contributed by atoms with van der Waals surface area (Å²) in [4.78, 5) is 32.1. The molecule has 2 amide bonds. The molecule has 16 heavy (non-hydrogen) atoms. The first-order chi connectivity index (χ1) is 7.38. The quantitative estimate of drug-likeness (QED) is 0.348. The van der Waals surface area contributed by atoms with Crippen molar-refractivity contribution < 1.29 is 24.6 Å². The van der Waals surface area contributed by atoms with Gasteiger partial charge in [-0.3, -0.25) is 19.7 Å². The maximum absolute atomic E-state index is 11.0. The van der Waals surface area contributed by atoms with Gasteiger partial charge in [-0.1, -0.05) is 0 Å². The molecule has 0 aliphatic heterocycles.